The number of ether oxygens (including phenoxy) is 2. The minimum atomic E-state index is -0.194. The Labute approximate surface area is 192 Å². The second kappa shape index (κ2) is 10.1. The summed E-state index contributed by atoms with van der Waals surface area (Å²) in [7, 11) is 0. The fraction of sp³-hybridized carbons (Fsp3) is 0.174. The van der Waals surface area contributed by atoms with Crippen molar-refractivity contribution in [1.82, 2.24) is 0 Å². The zero-order chi connectivity index (χ0) is 20.8. The number of rotatable bonds is 7. The Kier molecular flexibility index (Phi) is 7.55. The van der Waals surface area contributed by atoms with Gasteiger partial charge in [0.25, 0.3) is 5.91 Å². The van der Waals surface area contributed by atoms with Gasteiger partial charge in [0.2, 0.25) is 0 Å². The first-order chi connectivity index (χ1) is 14.0. The summed E-state index contributed by atoms with van der Waals surface area (Å²) in [4.78, 5) is 12.8. The van der Waals surface area contributed by atoms with Gasteiger partial charge in [-0.2, -0.15) is 0 Å². The zero-order valence-corrected chi connectivity index (χ0v) is 19.9. The van der Waals surface area contributed by atoms with Crippen molar-refractivity contribution < 1.29 is 14.3 Å². The summed E-state index contributed by atoms with van der Waals surface area (Å²) in [6.45, 7) is 4.80. The van der Waals surface area contributed by atoms with E-state index in [-0.39, 0.29) is 5.91 Å². The predicted octanol–water partition coefficient (Wildman–Crippen LogP) is 6.59. The van der Waals surface area contributed by atoms with Gasteiger partial charge in [0.1, 0.15) is 6.61 Å². The van der Waals surface area contributed by atoms with Gasteiger partial charge < -0.3 is 14.8 Å². The maximum absolute atomic E-state index is 12.8. The fourth-order valence-electron chi connectivity index (χ4n) is 2.76. The van der Waals surface area contributed by atoms with Gasteiger partial charge in [-0.15, -0.1) is 0 Å². The molecule has 0 aliphatic rings. The molecule has 3 aromatic rings. The monoisotopic (exact) mass is 565 g/mol. The highest BCUT2D eigenvalue weighted by Gasteiger charge is 2.17. The average Bonchev–Trinajstić information content (AvgIpc) is 2.71. The normalized spacial score (nSPS) is 10.5. The first-order valence-corrected chi connectivity index (χ1v) is 11.1. The zero-order valence-electron chi connectivity index (χ0n) is 16.2. The Balaban J connectivity index is 1.82. The number of carbonyl (C=O) groups is 1. The van der Waals surface area contributed by atoms with E-state index in [9.17, 15) is 4.79 Å². The number of anilines is 1. The summed E-state index contributed by atoms with van der Waals surface area (Å²) in [6, 6.07) is 19.2. The Hall–Kier alpha value is -2.06. The van der Waals surface area contributed by atoms with Crippen molar-refractivity contribution in [2.45, 2.75) is 20.5 Å². The van der Waals surface area contributed by atoms with Crippen molar-refractivity contribution >= 4 is 50.1 Å². The first kappa shape index (κ1) is 21.6. The van der Waals surface area contributed by atoms with Crippen LogP contribution >= 0.6 is 38.5 Å². The number of hydrogen-bond acceptors (Lipinski definition) is 3. The molecular weight excluding hydrogens is 545 g/mol. The Morgan fingerprint density at radius 1 is 1.07 bits per heavy atom. The summed E-state index contributed by atoms with van der Waals surface area (Å²) in [6.07, 6.45) is 0. The third kappa shape index (κ3) is 5.73. The lowest BCUT2D eigenvalue weighted by molar-refractivity contribution is 0.102. The molecule has 0 spiro atoms. The molecule has 29 heavy (non-hydrogen) atoms. The molecule has 6 heteroatoms. The summed E-state index contributed by atoms with van der Waals surface area (Å²) in [5.41, 5.74) is 3.38. The molecule has 1 N–H and O–H groups in total. The number of nitrogens with one attached hydrogen (secondary N) is 1. The number of benzene rings is 3. The van der Waals surface area contributed by atoms with E-state index in [1.54, 1.807) is 6.07 Å². The van der Waals surface area contributed by atoms with Gasteiger partial charge in [0.15, 0.2) is 11.5 Å². The summed E-state index contributed by atoms with van der Waals surface area (Å²) >= 11 is 5.65. The SMILES string of the molecule is CCOc1cc(C(=O)Nc2ccc(Br)c(C)c2)cc(I)c1OCc1ccccc1. The number of amides is 1. The lowest BCUT2D eigenvalue weighted by Gasteiger charge is -2.16. The highest BCUT2D eigenvalue weighted by molar-refractivity contribution is 14.1. The van der Waals surface area contributed by atoms with Gasteiger partial charge in [0.05, 0.1) is 10.2 Å². The molecule has 0 saturated carbocycles. The largest absolute Gasteiger partial charge is 0.490 e. The second-order valence-electron chi connectivity index (χ2n) is 6.41. The minimum Gasteiger partial charge on any atom is -0.490 e. The highest BCUT2D eigenvalue weighted by atomic mass is 127. The van der Waals surface area contributed by atoms with Crippen LogP contribution < -0.4 is 14.8 Å². The smallest absolute Gasteiger partial charge is 0.255 e. The molecule has 3 rings (SSSR count). The molecule has 0 saturated heterocycles. The van der Waals surface area contributed by atoms with Crippen LogP contribution in [-0.2, 0) is 6.61 Å². The minimum absolute atomic E-state index is 0.194. The summed E-state index contributed by atoms with van der Waals surface area (Å²) in [5, 5.41) is 2.94. The van der Waals surface area contributed by atoms with Gasteiger partial charge in [-0.1, -0.05) is 46.3 Å². The first-order valence-electron chi connectivity index (χ1n) is 9.18. The van der Waals surface area contributed by atoms with Crippen LogP contribution in [0.2, 0.25) is 0 Å². The van der Waals surface area contributed by atoms with E-state index in [4.69, 9.17) is 9.47 Å². The number of hydrogen-bond donors (Lipinski definition) is 1. The van der Waals surface area contributed by atoms with E-state index in [0.29, 0.717) is 30.3 Å². The van der Waals surface area contributed by atoms with Crippen LogP contribution in [0, 0.1) is 10.5 Å². The van der Waals surface area contributed by atoms with Crippen LogP contribution in [0.5, 0.6) is 11.5 Å². The van der Waals surface area contributed by atoms with E-state index in [2.05, 4.69) is 43.8 Å². The second-order valence-corrected chi connectivity index (χ2v) is 8.43. The van der Waals surface area contributed by atoms with Crippen LogP contribution in [0.15, 0.2) is 65.1 Å². The molecule has 0 aromatic heterocycles. The summed E-state index contributed by atoms with van der Waals surface area (Å²) < 4.78 is 13.6. The molecule has 150 valence electrons. The van der Waals surface area contributed by atoms with Crippen molar-refractivity contribution in [1.29, 1.82) is 0 Å². The summed E-state index contributed by atoms with van der Waals surface area (Å²) in [5.74, 6) is 1.01. The van der Waals surface area contributed by atoms with Crippen LogP contribution in [0.4, 0.5) is 5.69 Å². The van der Waals surface area contributed by atoms with E-state index < -0.39 is 0 Å². The molecular formula is C23H21BrINO3. The molecule has 0 radical (unpaired) electrons. The molecule has 0 bridgehead atoms. The standard InChI is InChI=1S/C23H21BrINO3/c1-3-28-21-13-17(23(27)26-18-9-10-19(24)15(2)11-18)12-20(25)22(21)29-14-16-7-5-4-6-8-16/h4-13H,3,14H2,1-2H3,(H,26,27). The van der Waals surface area contributed by atoms with E-state index in [0.717, 1.165) is 24.9 Å². The lowest BCUT2D eigenvalue weighted by atomic mass is 10.1. The van der Waals surface area contributed by atoms with Gasteiger partial charge in [0, 0.05) is 15.7 Å². The lowest BCUT2D eigenvalue weighted by Crippen LogP contribution is -2.13. The maximum atomic E-state index is 12.8. The molecule has 0 aliphatic carbocycles. The Bertz CT molecular complexity index is 1010. The molecule has 4 nitrogen and oxygen atoms in total. The fourth-order valence-corrected chi connectivity index (χ4v) is 3.76. The van der Waals surface area contributed by atoms with Crippen molar-refractivity contribution in [3.8, 4) is 11.5 Å². The number of carbonyl (C=O) groups excluding carboxylic acids is 1. The molecule has 0 fully saturated rings. The van der Waals surface area contributed by atoms with E-state index >= 15 is 0 Å². The van der Waals surface area contributed by atoms with Crippen LogP contribution in [0.25, 0.3) is 0 Å². The highest BCUT2D eigenvalue weighted by Crippen LogP contribution is 2.35. The average molecular weight is 566 g/mol. The van der Waals surface area contributed by atoms with Crippen LogP contribution in [0.3, 0.4) is 0 Å². The quantitative estimate of drug-likeness (QED) is 0.329. The Morgan fingerprint density at radius 3 is 2.52 bits per heavy atom. The van der Waals surface area contributed by atoms with E-state index in [1.165, 1.54) is 0 Å². The molecule has 3 aromatic carbocycles. The van der Waals surface area contributed by atoms with Crippen molar-refractivity contribution in [3.63, 3.8) is 0 Å². The third-order valence-corrected chi connectivity index (χ3v) is 5.90. The molecule has 0 heterocycles. The van der Waals surface area contributed by atoms with Gasteiger partial charge in [-0.25, -0.2) is 0 Å². The third-order valence-electron chi connectivity index (χ3n) is 4.21. The number of halogens is 2. The van der Waals surface area contributed by atoms with Crippen LogP contribution in [-0.4, -0.2) is 12.5 Å². The maximum Gasteiger partial charge on any atom is 0.255 e. The Morgan fingerprint density at radius 2 is 1.83 bits per heavy atom. The van der Waals surface area contributed by atoms with E-state index in [1.807, 2.05) is 68.4 Å². The van der Waals surface area contributed by atoms with Crippen LogP contribution in [0.1, 0.15) is 28.4 Å². The van der Waals surface area contributed by atoms with Gasteiger partial charge in [-0.05, 0) is 77.9 Å². The van der Waals surface area contributed by atoms with Crippen molar-refractivity contribution in [3.05, 3.63) is 85.4 Å². The number of aryl methyl sites for hydroxylation is 1. The van der Waals surface area contributed by atoms with Crippen molar-refractivity contribution in [2.24, 2.45) is 0 Å². The van der Waals surface area contributed by atoms with Gasteiger partial charge >= 0.3 is 0 Å². The van der Waals surface area contributed by atoms with Crippen molar-refractivity contribution in [2.75, 3.05) is 11.9 Å². The predicted molar refractivity (Wildman–Crippen MR) is 128 cm³/mol. The van der Waals surface area contributed by atoms with Gasteiger partial charge in [-0.3, -0.25) is 4.79 Å². The topological polar surface area (TPSA) is 47.6 Å². The molecule has 0 atom stereocenters. The molecule has 1 amide bonds. The molecule has 0 aliphatic heterocycles. The molecule has 0 unspecified atom stereocenters.